The van der Waals surface area contributed by atoms with E-state index in [0.717, 1.165) is 19.4 Å². The van der Waals surface area contributed by atoms with Crippen molar-refractivity contribution in [1.29, 1.82) is 0 Å². The fourth-order valence-electron chi connectivity index (χ4n) is 2.64. The van der Waals surface area contributed by atoms with Crippen LogP contribution in [0.15, 0.2) is 0 Å². The number of rotatable bonds is 10. The summed E-state index contributed by atoms with van der Waals surface area (Å²) in [5.41, 5.74) is -0.636. The van der Waals surface area contributed by atoms with Gasteiger partial charge in [-0.2, -0.15) is 0 Å². The first-order valence-corrected chi connectivity index (χ1v) is 7.89. The molecule has 3 unspecified atom stereocenters. The van der Waals surface area contributed by atoms with Crippen LogP contribution in [-0.4, -0.2) is 37.4 Å². The highest BCUT2D eigenvalue weighted by Crippen LogP contribution is 2.26. The molecule has 0 spiro atoms. The first kappa shape index (κ1) is 17.4. The number of nitrogens with one attached hydrogen (secondary N) is 1. The van der Waals surface area contributed by atoms with Gasteiger partial charge in [0, 0.05) is 19.1 Å². The van der Waals surface area contributed by atoms with Gasteiger partial charge in [-0.1, -0.05) is 20.3 Å². The van der Waals surface area contributed by atoms with Crippen LogP contribution < -0.4 is 5.32 Å². The first-order valence-electron chi connectivity index (χ1n) is 7.89. The van der Waals surface area contributed by atoms with E-state index in [1.165, 1.54) is 20.0 Å². The van der Waals surface area contributed by atoms with Crippen LogP contribution >= 0.6 is 0 Å². The molecule has 20 heavy (non-hydrogen) atoms. The number of hydrogen-bond acceptors (Lipinski definition) is 4. The highest BCUT2D eigenvalue weighted by molar-refractivity contribution is 5.80. The molecule has 0 heterocycles. The smallest absolute Gasteiger partial charge is 0.325 e. The van der Waals surface area contributed by atoms with Gasteiger partial charge in [-0.15, -0.1) is 0 Å². The summed E-state index contributed by atoms with van der Waals surface area (Å²) in [5.74, 6) is 0.379. The van der Waals surface area contributed by atoms with Crippen LogP contribution in [0.3, 0.4) is 0 Å². The summed E-state index contributed by atoms with van der Waals surface area (Å²) in [6, 6.07) is 0.463. The van der Waals surface area contributed by atoms with Crippen LogP contribution in [0, 0.1) is 5.92 Å². The molecule has 1 rings (SSSR count). The van der Waals surface area contributed by atoms with Crippen molar-refractivity contribution >= 4 is 5.97 Å². The molecule has 0 amide bonds. The molecule has 3 atom stereocenters. The van der Waals surface area contributed by atoms with Crippen molar-refractivity contribution in [2.24, 2.45) is 5.92 Å². The molecule has 1 fully saturated rings. The fourth-order valence-corrected chi connectivity index (χ4v) is 2.64. The summed E-state index contributed by atoms with van der Waals surface area (Å²) >= 11 is 0. The Hall–Kier alpha value is -0.610. The summed E-state index contributed by atoms with van der Waals surface area (Å²) in [6.07, 6.45) is 5.35. The molecular weight excluding hydrogens is 254 g/mol. The lowest BCUT2D eigenvalue weighted by Crippen LogP contribution is -2.53. The lowest BCUT2D eigenvalue weighted by molar-refractivity contribution is -0.149. The molecule has 0 aromatic heterocycles. The second kappa shape index (κ2) is 7.99. The molecule has 0 bridgehead atoms. The quantitative estimate of drug-likeness (QED) is 0.627. The summed E-state index contributed by atoms with van der Waals surface area (Å²) in [6.45, 7) is 9.11. The van der Waals surface area contributed by atoms with E-state index >= 15 is 0 Å². The average Bonchev–Trinajstić information content (AvgIpc) is 3.19. The van der Waals surface area contributed by atoms with Gasteiger partial charge in [0.25, 0.3) is 0 Å². The first-order chi connectivity index (χ1) is 9.41. The predicted octanol–water partition coefficient (Wildman–Crippen LogP) is 2.90. The topological polar surface area (TPSA) is 47.6 Å². The minimum absolute atomic E-state index is 0.0460. The van der Waals surface area contributed by atoms with E-state index in [2.05, 4.69) is 19.2 Å². The predicted molar refractivity (Wildman–Crippen MR) is 80.7 cm³/mol. The van der Waals surface area contributed by atoms with E-state index in [0.29, 0.717) is 18.4 Å². The zero-order valence-electron chi connectivity index (χ0n) is 13.7. The van der Waals surface area contributed by atoms with Gasteiger partial charge in [-0.25, -0.2) is 0 Å². The molecule has 0 aliphatic heterocycles. The number of carbonyl (C=O) groups is 1. The summed E-state index contributed by atoms with van der Waals surface area (Å²) in [7, 11) is 1.45. The standard InChI is InChI=1S/C16H31NO3/c1-6-7-12(2)11-20-13(3)10-16(4,15(18)19-5)17-14-8-9-14/h12-14,17H,6-11H2,1-5H3. The van der Waals surface area contributed by atoms with Gasteiger partial charge in [-0.3, -0.25) is 10.1 Å². The summed E-state index contributed by atoms with van der Waals surface area (Å²) in [4.78, 5) is 12.0. The molecule has 1 aliphatic rings. The Morgan fingerprint density at radius 1 is 1.40 bits per heavy atom. The van der Waals surface area contributed by atoms with Gasteiger partial charge in [0.2, 0.25) is 0 Å². The maximum absolute atomic E-state index is 12.0. The highest BCUT2D eigenvalue weighted by Gasteiger charge is 2.40. The van der Waals surface area contributed by atoms with E-state index in [9.17, 15) is 4.79 Å². The van der Waals surface area contributed by atoms with Gasteiger partial charge in [0.05, 0.1) is 13.2 Å². The number of hydrogen-bond donors (Lipinski definition) is 1. The highest BCUT2D eigenvalue weighted by atomic mass is 16.5. The molecule has 118 valence electrons. The zero-order chi connectivity index (χ0) is 15.2. The third-order valence-corrected chi connectivity index (χ3v) is 3.88. The molecule has 0 aromatic rings. The monoisotopic (exact) mass is 285 g/mol. The molecule has 0 saturated heterocycles. The summed E-state index contributed by atoms with van der Waals surface area (Å²) < 4.78 is 10.9. The van der Waals surface area contributed by atoms with Gasteiger partial charge in [0.1, 0.15) is 5.54 Å². The van der Waals surface area contributed by atoms with E-state index in [1.807, 2.05) is 13.8 Å². The second-order valence-electron chi connectivity index (χ2n) is 6.48. The van der Waals surface area contributed by atoms with E-state index in [1.54, 1.807) is 0 Å². The molecule has 1 aliphatic carbocycles. The number of esters is 1. The molecule has 0 radical (unpaired) electrons. The SMILES string of the molecule is CCCC(C)COC(C)CC(C)(NC1CC1)C(=O)OC. The zero-order valence-corrected chi connectivity index (χ0v) is 13.7. The van der Waals surface area contributed by atoms with Crippen molar-refractivity contribution in [1.82, 2.24) is 5.32 Å². The third-order valence-electron chi connectivity index (χ3n) is 3.88. The van der Waals surface area contributed by atoms with E-state index in [4.69, 9.17) is 9.47 Å². The van der Waals surface area contributed by atoms with Crippen molar-refractivity contribution < 1.29 is 14.3 Å². The molecular formula is C16H31NO3. The van der Waals surface area contributed by atoms with Crippen molar-refractivity contribution in [2.75, 3.05) is 13.7 Å². The maximum Gasteiger partial charge on any atom is 0.325 e. The van der Waals surface area contributed by atoms with E-state index in [-0.39, 0.29) is 12.1 Å². The Balaban J connectivity index is 2.44. The molecule has 0 aromatic carbocycles. The van der Waals surface area contributed by atoms with Crippen LogP contribution in [-0.2, 0) is 14.3 Å². The maximum atomic E-state index is 12.0. The van der Waals surface area contributed by atoms with Gasteiger partial charge < -0.3 is 9.47 Å². The van der Waals surface area contributed by atoms with Crippen LogP contribution in [0.25, 0.3) is 0 Å². The van der Waals surface area contributed by atoms with Crippen molar-refractivity contribution in [3.8, 4) is 0 Å². The Bertz CT molecular complexity index is 304. The Morgan fingerprint density at radius 3 is 2.55 bits per heavy atom. The van der Waals surface area contributed by atoms with Gasteiger partial charge in [-0.05, 0) is 39.0 Å². The molecule has 1 saturated carbocycles. The minimum atomic E-state index is -0.636. The number of ether oxygens (including phenoxy) is 2. The van der Waals surface area contributed by atoms with Crippen LogP contribution in [0.5, 0.6) is 0 Å². The largest absolute Gasteiger partial charge is 0.468 e. The van der Waals surface area contributed by atoms with E-state index < -0.39 is 5.54 Å². The molecule has 4 nitrogen and oxygen atoms in total. The normalized spacial score (nSPS) is 21.1. The van der Waals surface area contributed by atoms with Gasteiger partial charge in [0.15, 0.2) is 0 Å². The Labute approximate surface area is 123 Å². The van der Waals surface area contributed by atoms with Gasteiger partial charge >= 0.3 is 5.97 Å². The van der Waals surface area contributed by atoms with Crippen molar-refractivity contribution in [3.05, 3.63) is 0 Å². The molecule has 1 N–H and O–H groups in total. The Kier molecular flexibility index (Phi) is 6.96. The minimum Gasteiger partial charge on any atom is -0.468 e. The second-order valence-corrected chi connectivity index (χ2v) is 6.48. The lowest BCUT2D eigenvalue weighted by atomic mass is 9.94. The van der Waals surface area contributed by atoms with Crippen LogP contribution in [0.4, 0.5) is 0 Å². The Morgan fingerprint density at radius 2 is 2.05 bits per heavy atom. The van der Waals surface area contributed by atoms with Crippen molar-refractivity contribution in [3.63, 3.8) is 0 Å². The lowest BCUT2D eigenvalue weighted by Gasteiger charge is -2.31. The molecule has 4 heteroatoms. The van der Waals surface area contributed by atoms with Crippen LogP contribution in [0.2, 0.25) is 0 Å². The number of methoxy groups -OCH3 is 1. The fraction of sp³-hybridized carbons (Fsp3) is 0.938. The third kappa shape index (κ3) is 5.80. The average molecular weight is 285 g/mol. The van der Waals surface area contributed by atoms with Crippen molar-refractivity contribution in [2.45, 2.75) is 77.5 Å². The number of carbonyl (C=O) groups excluding carboxylic acids is 1. The summed E-state index contributed by atoms with van der Waals surface area (Å²) in [5, 5.41) is 3.41. The van der Waals surface area contributed by atoms with Crippen LogP contribution in [0.1, 0.15) is 59.8 Å².